The van der Waals surface area contributed by atoms with Crippen molar-refractivity contribution in [2.24, 2.45) is 0 Å². The second-order valence-electron chi connectivity index (χ2n) is 3.57. The molecule has 0 spiro atoms. The van der Waals surface area contributed by atoms with Crippen LogP contribution in [0.5, 0.6) is 11.5 Å². The van der Waals surface area contributed by atoms with Gasteiger partial charge in [0.2, 0.25) is 0 Å². The normalized spacial score (nSPS) is 10.1. The van der Waals surface area contributed by atoms with E-state index in [4.69, 9.17) is 21.1 Å². The summed E-state index contributed by atoms with van der Waals surface area (Å²) in [6.45, 7) is 0. The molecule has 0 aliphatic carbocycles. The Morgan fingerprint density at radius 3 is 2.79 bits per heavy atom. The van der Waals surface area contributed by atoms with Crippen molar-refractivity contribution < 1.29 is 18.7 Å². The number of aromatic nitrogens is 1. The highest BCUT2D eigenvalue weighted by Crippen LogP contribution is 2.22. The molecule has 0 amide bonds. The Hall–Kier alpha value is -2.14. The summed E-state index contributed by atoms with van der Waals surface area (Å²) in [4.78, 5) is 15.7. The van der Waals surface area contributed by atoms with Gasteiger partial charge in [0.25, 0.3) is 0 Å². The molecule has 4 nitrogen and oxygen atoms in total. The number of benzene rings is 1. The number of esters is 1. The van der Waals surface area contributed by atoms with E-state index in [1.807, 2.05) is 0 Å². The van der Waals surface area contributed by atoms with E-state index in [1.165, 1.54) is 31.6 Å². The lowest BCUT2D eigenvalue weighted by atomic mass is 10.2. The smallest absolute Gasteiger partial charge is 0.347 e. The fraction of sp³-hybridized carbons (Fsp3) is 0.0769. The number of ether oxygens (including phenoxy) is 2. The quantitative estimate of drug-likeness (QED) is 0.811. The molecule has 1 aromatic carbocycles. The lowest BCUT2D eigenvalue weighted by Gasteiger charge is -2.08. The summed E-state index contributed by atoms with van der Waals surface area (Å²) >= 11 is 5.73. The zero-order valence-electron chi connectivity index (χ0n) is 9.89. The summed E-state index contributed by atoms with van der Waals surface area (Å²) < 4.78 is 23.0. The molecular formula is C13H9ClFNO3. The number of carbonyl (C=O) groups excluding carboxylic acids is 1. The third-order valence-electron chi connectivity index (χ3n) is 2.27. The maximum Gasteiger partial charge on any atom is 0.347 e. The average molecular weight is 282 g/mol. The Kier molecular flexibility index (Phi) is 3.97. The molecule has 0 aliphatic rings. The molecule has 0 radical (unpaired) electrons. The standard InChI is InChI=1S/C13H9ClFNO3/c1-18-12-5-9(15)2-3-11(12)13(17)19-10-4-8(14)6-16-7-10/h2-7H,1H3. The second-order valence-corrected chi connectivity index (χ2v) is 4.01. The van der Waals surface area contributed by atoms with Gasteiger partial charge >= 0.3 is 5.97 Å². The average Bonchev–Trinajstić information content (AvgIpc) is 2.38. The van der Waals surface area contributed by atoms with Crippen molar-refractivity contribution in [2.45, 2.75) is 0 Å². The Bertz CT molecular complexity index is 619. The van der Waals surface area contributed by atoms with Gasteiger partial charge in [-0.3, -0.25) is 4.98 Å². The van der Waals surface area contributed by atoms with Crippen molar-refractivity contribution >= 4 is 17.6 Å². The molecule has 0 saturated carbocycles. The Labute approximate surface area is 113 Å². The Morgan fingerprint density at radius 1 is 1.32 bits per heavy atom. The molecular weight excluding hydrogens is 273 g/mol. The van der Waals surface area contributed by atoms with Crippen molar-refractivity contribution in [2.75, 3.05) is 7.11 Å². The minimum absolute atomic E-state index is 0.0972. The lowest BCUT2D eigenvalue weighted by molar-refractivity contribution is 0.0730. The Balaban J connectivity index is 2.25. The minimum Gasteiger partial charge on any atom is -0.496 e. The van der Waals surface area contributed by atoms with Gasteiger partial charge in [0.15, 0.2) is 5.75 Å². The number of halogens is 2. The largest absolute Gasteiger partial charge is 0.496 e. The van der Waals surface area contributed by atoms with Crippen LogP contribution in [0.15, 0.2) is 36.7 Å². The van der Waals surface area contributed by atoms with Gasteiger partial charge in [0.05, 0.1) is 18.3 Å². The van der Waals surface area contributed by atoms with E-state index in [-0.39, 0.29) is 17.1 Å². The van der Waals surface area contributed by atoms with Crippen LogP contribution >= 0.6 is 11.6 Å². The first kappa shape index (κ1) is 13.3. The molecule has 0 unspecified atom stereocenters. The zero-order chi connectivity index (χ0) is 13.8. The van der Waals surface area contributed by atoms with E-state index < -0.39 is 11.8 Å². The summed E-state index contributed by atoms with van der Waals surface area (Å²) in [6.07, 6.45) is 2.76. The third kappa shape index (κ3) is 3.20. The zero-order valence-corrected chi connectivity index (χ0v) is 10.6. The number of rotatable bonds is 3. The van der Waals surface area contributed by atoms with Gasteiger partial charge in [-0.05, 0) is 12.1 Å². The van der Waals surface area contributed by atoms with Crippen molar-refractivity contribution in [3.63, 3.8) is 0 Å². The molecule has 2 rings (SSSR count). The van der Waals surface area contributed by atoms with Crippen LogP contribution < -0.4 is 9.47 Å². The molecule has 6 heteroatoms. The van der Waals surface area contributed by atoms with Crippen LogP contribution in [0.1, 0.15) is 10.4 Å². The van der Waals surface area contributed by atoms with E-state index >= 15 is 0 Å². The number of carbonyl (C=O) groups is 1. The van der Waals surface area contributed by atoms with Crippen molar-refractivity contribution in [1.29, 1.82) is 0 Å². The molecule has 0 fully saturated rings. The lowest BCUT2D eigenvalue weighted by Crippen LogP contribution is -2.10. The van der Waals surface area contributed by atoms with Gasteiger partial charge in [0, 0.05) is 18.3 Å². The first-order chi connectivity index (χ1) is 9.10. The number of pyridine rings is 1. The van der Waals surface area contributed by atoms with E-state index in [0.29, 0.717) is 5.02 Å². The number of nitrogens with zero attached hydrogens (tertiary/aromatic N) is 1. The molecule has 19 heavy (non-hydrogen) atoms. The summed E-state index contributed by atoms with van der Waals surface area (Å²) in [5.74, 6) is -0.886. The molecule has 0 atom stereocenters. The van der Waals surface area contributed by atoms with Gasteiger partial charge in [-0.15, -0.1) is 0 Å². The van der Waals surface area contributed by atoms with Crippen LogP contribution in [0.2, 0.25) is 5.02 Å². The predicted octanol–water partition coefficient (Wildman–Crippen LogP) is 3.10. The molecule has 1 heterocycles. The van der Waals surface area contributed by atoms with Crippen molar-refractivity contribution in [3.8, 4) is 11.5 Å². The third-order valence-corrected chi connectivity index (χ3v) is 2.48. The summed E-state index contributed by atoms with van der Waals surface area (Å²) in [5.41, 5.74) is 0.115. The SMILES string of the molecule is COc1cc(F)ccc1C(=O)Oc1cncc(Cl)c1. The van der Waals surface area contributed by atoms with Crippen molar-refractivity contribution in [1.82, 2.24) is 4.98 Å². The van der Waals surface area contributed by atoms with E-state index in [0.717, 1.165) is 12.1 Å². The number of hydrogen-bond donors (Lipinski definition) is 0. The maximum absolute atomic E-state index is 13.0. The highest BCUT2D eigenvalue weighted by atomic mass is 35.5. The van der Waals surface area contributed by atoms with Crippen LogP contribution in [0.3, 0.4) is 0 Å². The topological polar surface area (TPSA) is 48.4 Å². The fourth-order valence-electron chi connectivity index (χ4n) is 1.44. The maximum atomic E-state index is 13.0. The van der Waals surface area contributed by atoms with E-state index in [2.05, 4.69) is 4.98 Å². The van der Waals surface area contributed by atoms with E-state index in [9.17, 15) is 9.18 Å². The monoisotopic (exact) mass is 281 g/mol. The van der Waals surface area contributed by atoms with Crippen molar-refractivity contribution in [3.05, 3.63) is 53.1 Å². The minimum atomic E-state index is -0.680. The molecule has 0 bridgehead atoms. The fourth-order valence-corrected chi connectivity index (χ4v) is 1.61. The predicted molar refractivity (Wildman–Crippen MR) is 67.2 cm³/mol. The Morgan fingerprint density at radius 2 is 2.11 bits per heavy atom. The number of methoxy groups -OCH3 is 1. The second kappa shape index (κ2) is 5.67. The van der Waals surface area contributed by atoms with Crippen LogP contribution in [0.4, 0.5) is 4.39 Å². The molecule has 1 aromatic heterocycles. The molecule has 2 aromatic rings. The van der Waals surface area contributed by atoms with Gasteiger partial charge < -0.3 is 9.47 Å². The summed E-state index contributed by atoms with van der Waals surface area (Å²) in [5, 5.41) is 0.344. The molecule has 0 aliphatic heterocycles. The van der Waals surface area contributed by atoms with Gasteiger partial charge in [-0.25, -0.2) is 9.18 Å². The van der Waals surface area contributed by atoms with E-state index in [1.54, 1.807) is 0 Å². The highest BCUT2D eigenvalue weighted by Gasteiger charge is 2.15. The molecule has 0 saturated heterocycles. The van der Waals surface area contributed by atoms with Gasteiger partial charge in [-0.1, -0.05) is 11.6 Å². The first-order valence-electron chi connectivity index (χ1n) is 5.26. The van der Waals surface area contributed by atoms with Crippen LogP contribution in [-0.2, 0) is 0 Å². The number of hydrogen-bond acceptors (Lipinski definition) is 4. The van der Waals surface area contributed by atoms with Crippen LogP contribution in [0, 0.1) is 5.82 Å². The first-order valence-corrected chi connectivity index (χ1v) is 5.64. The van der Waals surface area contributed by atoms with Crippen LogP contribution in [0.25, 0.3) is 0 Å². The molecule has 98 valence electrons. The molecule has 0 N–H and O–H groups in total. The van der Waals surface area contributed by atoms with Crippen LogP contribution in [-0.4, -0.2) is 18.1 Å². The van der Waals surface area contributed by atoms with Gasteiger partial charge in [-0.2, -0.15) is 0 Å². The summed E-state index contributed by atoms with van der Waals surface area (Å²) in [6, 6.07) is 4.99. The summed E-state index contributed by atoms with van der Waals surface area (Å²) in [7, 11) is 1.34. The highest BCUT2D eigenvalue weighted by molar-refractivity contribution is 6.30. The van der Waals surface area contributed by atoms with Gasteiger partial charge in [0.1, 0.15) is 17.1 Å².